The summed E-state index contributed by atoms with van der Waals surface area (Å²) in [5, 5.41) is 2.66. The van der Waals surface area contributed by atoms with Crippen molar-refractivity contribution in [2.75, 3.05) is 25.1 Å². The van der Waals surface area contributed by atoms with E-state index in [2.05, 4.69) is 42.3 Å². The van der Waals surface area contributed by atoms with Gasteiger partial charge in [-0.05, 0) is 11.8 Å². The van der Waals surface area contributed by atoms with Crippen LogP contribution < -0.4 is 4.90 Å². The highest BCUT2D eigenvalue weighted by Gasteiger charge is 2.17. The topological polar surface area (TPSA) is 42.4 Å². The van der Waals surface area contributed by atoms with E-state index in [9.17, 15) is 4.79 Å². The molecule has 0 fully saturated rings. The maximum Gasteiger partial charge on any atom is 0.357 e. The fourth-order valence-electron chi connectivity index (χ4n) is 1.72. The molecule has 1 heterocycles. The van der Waals surface area contributed by atoms with Crippen molar-refractivity contribution in [1.29, 1.82) is 0 Å². The average molecular weight is 270 g/mol. The Hall–Kier alpha value is -1.10. The molecule has 0 radical (unpaired) electrons. The number of carbonyl (C=O) groups is 1. The predicted molar refractivity (Wildman–Crippen MR) is 75.3 cm³/mol. The van der Waals surface area contributed by atoms with Gasteiger partial charge in [-0.25, -0.2) is 9.78 Å². The highest BCUT2D eigenvalue weighted by atomic mass is 32.1. The first-order valence-electron chi connectivity index (χ1n) is 6.22. The number of esters is 1. The number of hydrogen-bond donors (Lipinski definition) is 0. The lowest BCUT2D eigenvalue weighted by Crippen LogP contribution is -2.31. The van der Waals surface area contributed by atoms with Crippen LogP contribution in [0.2, 0.25) is 0 Å². The first-order valence-corrected chi connectivity index (χ1v) is 7.10. The van der Waals surface area contributed by atoms with Crippen molar-refractivity contribution in [3.8, 4) is 0 Å². The van der Waals surface area contributed by atoms with E-state index in [1.54, 1.807) is 5.38 Å². The number of aromatic nitrogens is 1. The Morgan fingerprint density at radius 2 is 1.89 bits per heavy atom. The smallest absolute Gasteiger partial charge is 0.357 e. The van der Waals surface area contributed by atoms with Crippen molar-refractivity contribution in [2.45, 2.75) is 27.7 Å². The normalized spacial score (nSPS) is 11.1. The Labute approximate surface area is 113 Å². The van der Waals surface area contributed by atoms with E-state index in [4.69, 9.17) is 0 Å². The van der Waals surface area contributed by atoms with Gasteiger partial charge in [-0.2, -0.15) is 0 Å². The van der Waals surface area contributed by atoms with Crippen molar-refractivity contribution in [2.24, 2.45) is 11.8 Å². The molecule has 0 saturated carbocycles. The molecule has 5 heteroatoms. The Bertz CT molecular complexity index is 378. The van der Waals surface area contributed by atoms with Gasteiger partial charge in [-0.3, -0.25) is 0 Å². The molecule has 18 heavy (non-hydrogen) atoms. The zero-order valence-corrected chi connectivity index (χ0v) is 12.6. The van der Waals surface area contributed by atoms with Crippen LogP contribution >= 0.6 is 11.3 Å². The average Bonchev–Trinajstić information content (AvgIpc) is 2.75. The highest BCUT2D eigenvalue weighted by Crippen LogP contribution is 2.23. The molecule has 102 valence electrons. The Kier molecular flexibility index (Phi) is 5.59. The molecule has 0 aliphatic carbocycles. The van der Waals surface area contributed by atoms with Crippen LogP contribution in [0.15, 0.2) is 5.38 Å². The quantitative estimate of drug-likeness (QED) is 0.745. The Morgan fingerprint density at radius 1 is 1.33 bits per heavy atom. The van der Waals surface area contributed by atoms with Gasteiger partial charge in [0.25, 0.3) is 0 Å². The fraction of sp³-hybridized carbons (Fsp3) is 0.692. The molecule has 0 aliphatic rings. The second kappa shape index (κ2) is 6.73. The highest BCUT2D eigenvalue weighted by molar-refractivity contribution is 7.13. The summed E-state index contributed by atoms with van der Waals surface area (Å²) < 4.78 is 4.68. The van der Waals surface area contributed by atoms with Gasteiger partial charge in [0.2, 0.25) is 0 Å². The standard InChI is InChI=1S/C13H22N2O2S/c1-9(2)6-15(7-10(3)4)13-14-11(8-18-13)12(16)17-5/h8-10H,6-7H2,1-5H3. The number of carbonyl (C=O) groups excluding carboxylic acids is 1. The van der Waals surface area contributed by atoms with Gasteiger partial charge in [0, 0.05) is 18.5 Å². The van der Waals surface area contributed by atoms with Gasteiger partial charge >= 0.3 is 5.97 Å². The third-order valence-corrected chi connectivity index (χ3v) is 3.23. The fourth-order valence-corrected chi connectivity index (χ4v) is 2.54. The minimum absolute atomic E-state index is 0.369. The number of anilines is 1. The minimum Gasteiger partial charge on any atom is -0.464 e. The SMILES string of the molecule is COC(=O)c1csc(N(CC(C)C)CC(C)C)n1. The third kappa shape index (κ3) is 4.29. The number of ether oxygens (including phenoxy) is 1. The number of methoxy groups -OCH3 is 1. The summed E-state index contributed by atoms with van der Waals surface area (Å²) in [7, 11) is 1.38. The van der Waals surface area contributed by atoms with Crippen LogP contribution in [0.4, 0.5) is 5.13 Å². The number of nitrogens with zero attached hydrogens (tertiary/aromatic N) is 2. The van der Waals surface area contributed by atoms with Gasteiger partial charge in [0.05, 0.1) is 7.11 Å². The summed E-state index contributed by atoms with van der Waals surface area (Å²) in [6.07, 6.45) is 0. The zero-order valence-electron chi connectivity index (χ0n) is 11.8. The molecule has 0 saturated heterocycles. The van der Waals surface area contributed by atoms with Crippen LogP contribution in [-0.2, 0) is 4.74 Å². The molecular formula is C13H22N2O2S. The maximum atomic E-state index is 11.4. The van der Waals surface area contributed by atoms with Crippen LogP contribution in [0.3, 0.4) is 0 Å². The maximum absolute atomic E-state index is 11.4. The van der Waals surface area contributed by atoms with E-state index in [1.165, 1.54) is 18.4 Å². The Balaban J connectivity index is 2.84. The first kappa shape index (κ1) is 15.0. The molecule has 0 bridgehead atoms. The minimum atomic E-state index is -0.369. The monoisotopic (exact) mass is 270 g/mol. The van der Waals surface area contributed by atoms with E-state index in [-0.39, 0.29) is 5.97 Å². The molecule has 0 N–H and O–H groups in total. The molecule has 0 atom stereocenters. The van der Waals surface area contributed by atoms with E-state index in [0.29, 0.717) is 17.5 Å². The molecular weight excluding hydrogens is 248 g/mol. The summed E-state index contributed by atoms with van der Waals surface area (Å²) >= 11 is 1.50. The van der Waals surface area contributed by atoms with Gasteiger partial charge in [-0.1, -0.05) is 27.7 Å². The van der Waals surface area contributed by atoms with E-state index in [1.807, 2.05) is 0 Å². The van der Waals surface area contributed by atoms with Crippen LogP contribution in [0, 0.1) is 11.8 Å². The molecule has 4 nitrogen and oxygen atoms in total. The third-order valence-electron chi connectivity index (χ3n) is 2.33. The largest absolute Gasteiger partial charge is 0.464 e. The van der Waals surface area contributed by atoms with Crippen LogP contribution in [0.1, 0.15) is 38.2 Å². The zero-order chi connectivity index (χ0) is 13.7. The number of hydrogen-bond acceptors (Lipinski definition) is 5. The van der Waals surface area contributed by atoms with E-state index >= 15 is 0 Å². The number of rotatable bonds is 6. The summed E-state index contributed by atoms with van der Waals surface area (Å²) in [6.45, 7) is 10.6. The molecule has 0 spiro atoms. The summed E-state index contributed by atoms with van der Waals surface area (Å²) in [4.78, 5) is 18.0. The molecule has 0 aromatic carbocycles. The molecule has 1 aromatic rings. The van der Waals surface area contributed by atoms with Crippen molar-refractivity contribution in [3.05, 3.63) is 11.1 Å². The molecule has 1 aromatic heterocycles. The second-order valence-electron chi connectivity index (χ2n) is 5.20. The van der Waals surface area contributed by atoms with Crippen molar-refractivity contribution >= 4 is 22.4 Å². The van der Waals surface area contributed by atoms with Gasteiger partial charge in [0.15, 0.2) is 10.8 Å². The van der Waals surface area contributed by atoms with E-state index in [0.717, 1.165) is 18.2 Å². The lowest BCUT2D eigenvalue weighted by molar-refractivity contribution is 0.0595. The molecule has 0 unspecified atom stereocenters. The van der Waals surface area contributed by atoms with Crippen molar-refractivity contribution in [3.63, 3.8) is 0 Å². The first-order chi connectivity index (χ1) is 8.43. The molecule has 0 amide bonds. The Morgan fingerprint density at radius 3 is 2.33 bits per heavy atom. The van der Waals surface area contributed by atoms with Crippen LogP contribution in [0.25, 0.3) is 0 Å². The molecule has 0 aliphatic heterocycles. The summed E-state index contributed by atoms with van der Waals surface area (Å²) in [6, 6.07) is 0. The summed E-state index contributed by atoms with van der Waals surface area (Å²) in [5.74, 6) is 0.759. The van der Waals surface area contributed by atoms with Gasteiger partial charge in [0.1, 0.15) is 0 Å². The van der Waals surface area contributed by atoms with Crippen molar-refractivity contribution < 1.29 is 9.53 Å². The number of thiazole rings is 1. The lowest BCUT2D eigenvalue weighted by Gasteiger charge is -2.25. The second-order valence-corrected chi connectivity index (χ2v) is 6.04. The van der Waals surface area contributed by atoms with Gasteiger partial charge in [-0.15, -0.1) is 11.3 Å². The predicted octanol–water partition coefficient (Wildman–Crippen LogP) is 3.05. The molecule has 1 rings (SSSR count). The van der Waals surface area contributed by atoms with Crippen molar-refractivity contribution in [1.82, 2.24) is 4.98 Å². The van der Waals surface area contributed by atoms with Crippen LogP contribution in [0.5, 0.6) is 0 Å². The summed E-state index contributed by atoms with van der Waals surface area (Å²) in [5.41, 5.74) is 0.398. The van der Waals surface area contributed by atoms with Gasteiger partial charge < -0.3 is 9.64 Å². The van der Waals surface area contributed by atoms with E-state index < -0.39 is 0 Å². The lowest BCUT2D eigenvalue weighted by atomic mass is 10.1. The van der Waals surface area contributed by atoms with Crippen LogP contribution in [-0.4, -0.2) is 31.2 Å².